The van der Waals surface area contributed by atoms with Crippen molar-refractivity contribution in [2.75, 3.05) is 5.75 Å². The van der Waals surface area contributed by atoms with Crippen molar-refractivity contribution < 1.29 is 0 Å². The molecule has 0 aliphatic carbocycles. The maximum absolute atomic E-state index is 4.17. The van der Waals surface area contributed by atoms with Crippen LogP contribution < -0.4 is 0 Å². The first-order valence-corrected chi connectivity index (χ1v) is 6.01. The Kier molecular flexibility index (Phi) is 1.89. The molecule has 1 saturated heterocycles. The number of nitrogens with zero attached hydrogens (tertiary/aromatic N) is 1. The molecule has 0 bridgehead atoms. The van der Waals surface area contributed by atoms with Gasteiger partial charge in [0.2, 0.25) is 0 Å². The third-order valence-corrected chi connectivity index (χ3v) is 4.22. The van der Waals surface area contributed by atoms with Gasteiger partial charge in [0.15, 0.2) is 0 Å². The summed E-state index contributed by atoms with van der Waals surface area (Å²) in [6.07, 6.45) is 1.96. The minimum absolute atomic E-state index is 0.290. The van der Waals surface area contributed by atoms with E-state index in [-0.39, 0.29) is 4.75 Å². The summed E-state index contributed by atoms with van der Waals surface area (Å²) in [5.74, 6) is 1.20. The van der Waals surface area contributed by atoms with Crippen LogP contribution >= 0.6 is 11.8 Å². The Morgan fingerprint density at radius 3 is 2.73 bits per heavy atom. The van der Waals surface area contributed by atoms with Crippen molar-refractivity contribution in [2.45, 2.75) is 11.7 Å². The first-order chi connectivity index (χ1) is 7.30. The Balaban J connectivity index is 2.10. The molecular weight excluding hydrogens is 204 g/mol. The number of thioether (sulfide) groups is 1. The van der Waals surface area contributed by atoms with Crippen molar-refractivity contribution in [3.05, 3.63) is 42.1 Å². The van der Waals surface area contributed by atoms with Crippen LogP contribution in [0.2, 0.25) is 0 Å². The quantitative estimate of drug-likeness (QED) is 0.782. The van der Waals surface area contributed by atoms with Crippen LogP contribution in [0.5, 0.6) is 0 Å². The van der Waals surface area contributed by atoms with Crippen LogP contribution in [0.1, 0.15) is 12.5 Å². The molecule has 1 aliphatic rings. The lowest BCUT2D eigenvalue weighted by Crippen LogP contribution is -2.00. The molecule has 2 heterocycles. The monoisotopic (exact) mass is 216 g/mol. The largest absolute Gasteiger partial charge is 0.278 e. The number of benzene rings is 1. The Hall–Kier alpha value is -1.22. The number of H-pyrrole nitrogens is 1. The summed E-state index contributed by atoms with van der Waals surface area (Å²) in [5, 5.41) is 7.27. The third-order valence-electron chi connectivity index (χ3n) is 2.85. The van der Waals surface area contributed by atoms with Crippen LogP contribution in [0, 0.1) is 0 Å². The maximum atomic E-state index is 4.17. The molecule has 1 aliphatic heterocycles. The average molecular weight is 216 g/mol. The third kappa shape index (κ3) is 1.47. The Bertz CT molecular complexity index is 471. The van der Waals surface area contributed by atoms with E-state index in [2.05, 4.69) is 41.4 Å². The first kappa shape index (κ1) is 9.04. The van der Waals surface area contributed by atoms with Crippen LogP contribution in [-0.2, 0) is 4.75 Å². The fourth-order valence-corrected chi connectivity index (χ4v) is 2.46. The van der Waals surface area contributed by atoms with Gasteiger partial charge in [-0.15, -0.1) is 11.8 Å². The van der Waals surface area contributed by atoms with Gasteiger partial charge < -0.3 is 0 Å². The SMILES string of the molecule is CC1(c2cn[nH]c2-c2ccccc2)CS1. The number of hydrogen-bond donors (Lipinski definition) is 1. The van der Waals surface area contributed by atoms with Crippen molar-refractivity contribution in [3.63, 3.8) is 0 Å². The minimum atomic E-state index is 0.290. The summed E-state index contributed by atoms with van der Waals surface area (Å²) in [6.45, 7) is 2.27. The van der Waals surface area contributed by atoms with Gasteiger partial charge in [-0.1, -0.05) is 30.3 Å². The van der Waals surface area contributed by atoms with E-state index in [1.54, 1.807) is 0 Å². The van der Waals surface area contributed by atoms with Crippen LogP contribution in [-0.4, -0.2) is 16.0 Å². The predicted octanol–water partition coefficient (Wildman–Crippen LogP) is 3.04. The molecule has 1 fully saturated rings. The van der Waals surface area contributed by atoms with E-state index < -0.39 is 0 Å². The molecule has 0 spiro atoms. The molecule has 1 atom stereocenters. The minimum Gasteiger partial charge on any atom is -0.278 e. The van der Waals surface area contributed by atoms with Gasteiger partial charge in [-0.25, -0.2) is 0 Å². The second kappa shape index (κ2) is 3.14. The smallest absolute Gasteiger partial charge is 0.0696 e. The fourth-order valence-electron chi connectivity index (χ4n) is 1.78. The highest BCUT2D eigenvalue weighted by molar-refractivity contribution is 8.07. The van der Waals surface area contributed by atoms with Gasteiger partial charge in [-0.05, 0) is 12.5 Å². The summed E-state index contributed by atoms with van der Waals surface area (Å²) in [5.41, 5.74) is 3.72. The molecule has 0 radical (unpaired) electrons. The van der Waals surface area contributed by atoms with Crippen molar-refractivity contribution in [1.29, 1.82) is 0 Å². The van der Waals surface area contributed by atoms with E-state index in [0.717, 1.165) is 0 Å². The zero-order chi connectivity index (χ0) is 10.3. The van der Waals surface area contributed by atoms with Gasteiger partial charge in [0, 0.05) is 11.3 Å². The molecule has 3 rings (SSSR count). The topological polar surface area (TPSA) is 28.7 Å². The first-order valence-electron chi connectivity index (χ1n) is 5.03. The molecule has 0 amide bonds. The molecule has 3 heteroatoms. The molecule has 76 valence electrons. The highest BCUT2D eigenvalue weighted by atomic mass is 32.2. The summed E-state index contributed by atoms with van der Waals surface area (Å²) in [6, 6.07) is 10.4. The van der Waals surface area contributed by atoms with Crippen molar-refractivity contribution >= 4 is 11.8 Å². The van der Waals surface area contributed by atoms with E-state index in [4.69, 9.17) is 0 Å². The molecule has 1 N–H and O–H groups in total. The summed E-state index contributed by atoms with van der Waals surface area (Å²) >= 11 is 1.98. The Morgan fingerprint density at radius 2 is 2.07 bits per heavy atom. The number of aromatic amines is 1. The molecule has 1 aromatic heterocycles. The number of rotatable bonds is 2. The van der Waals surface area contributed by atoms with Gasteiger partial charge in [-0.2, -0.15) is 5.10 Å². The molecule has 1 unspecified atom stereocenters. The van der Waals surface area contributed by atoms with Gasteiger partial charge in [0.25, 0.3) is 0 Å². The summed E-state index contributed by atoms with van der Waals surface area (Å²) in [7, 11) is 0. The standard InChI is InChI=1S/C12H12N2S/c1-12(8-15-12)10-7-13-14-11(10)9-5-3-2-4-6-9/h2-7H,8H2,1H3,(H,13,14). The molecule has 0 saturated carbocycles. The van der Waals surface area contributed by atoms with Gasteiger partial charge in [0.1, 0.15) is 0 Å². The van der Waals surface area contributed by atoms with Crippen LogP contribution in [0.4, 0.5) is 0 Å². The number of nitrogens with one attached hydrogen (secondary N) is 1. The van der Waals surface area contributed by atoms with Gasteiger partial charge >= 0.3 is 0 Å². The lowest BCUT2D eigenvalue weighted by atomic mass is 10.00. The Morgan fingerprint density at radius 1 is 1.33 bits per heavy atom. The zero-order valence-corrected chi connectivity index (χ0v) is 9.34. The zero-order valence-electron chi connectivity index (χ0n) is 8.53. The van der Waals surface area contributed by atoms with E-state index in [9.17, 15) is 0 Å². The highest BCUT2D eigenvalue weighted by Gasteiger charge is 2.43. The average Bonchev–Trinajstić information content (AvgIpc) is 2.85. The van der Waals surface area contributed by atoms with Crippen LogP contribution in [0.25, 0.3) is 11.3 Å². The van der Waals surface area contributed by atoms with Gasteiger partial charge in [0.05, 0.1) is 16.6 Å². The molecule has 15 heavy (non-hydrogen) atoms. The van der Waals surface area contributed by atoms with Crippen LogP contribution in [0.15, 0.2) is 36.5 Å². The molecule has 1 aromatic carbocycles. The normalized spacial score (nSPS) is 24.1. The lowest BCUT2D eigenvalue weighted by molar-refractivity contribution is 0.890. The molecular formula is C12H12N2S. The van der Waals surface area contributed by atoms with E-state index >= 15 is 0 Å². The van der Waals surface area contributed by atoms with Gasteiger partial charge in [-0.3, -0.25) is 5.10 Å². The van der Waals surface area contributed by atoms with E-state index in [1.807, 2.05) is 24.0 Å². The molecule has 2 aromatic rings. The van der Waals surface area contributed by atoms with Crippen molar-refractivity contribution in [3.8, 4) is 11.3 Å². The molecule has 2 nitrogen and oxygen atoms in total. The number of aromatic nitrogens is 2. The second-order valence-corrected chi connectivity index (χ2v) is 5.52. The maximum Gasteiger partial charge on any atom is 0.0696 e. The fraction of sp³-hybridized carbons (Fsp3) is 0.250. The van der Waals surface area contributed by atoms with E-state index in [0.29, 0.717) is 0 Å². The second-order valence-electron chi connectivity index (χ2n) is 4.04. The van der Waals surface area contributed by atoms with Crippen molar-refractivity contribution in [1.82, 2.24) is 10.2 Å². The van der Waals surface area contributed by atoms with Crippen molar-refractivity contribution in [2.24, 2.45) is 0 Å². The number of hydrogen-bond acceptors (Lipinski definition) is 2. The summed E-state index contributed by atoms with van der Waals surface area (Å²) in [4.78, 5) is 0. The predicted molar refractivity (Wildman–Crippen MR) is 63.8 cm³/mol. The van der Waals surface area contributed by atoms with E-state index in [1.165, 1.54) is 22.6 Å². The van der Waals surface area contributed by atoms with Crippen LogP contribution in [0.3, 0.4) is 0 Å². The summed E-state index contributed by atoms with van der Waals surface area (Å²) < 4.78 is 0.290. The highest BCUT2D eigenvalue weighted by Crippen LogP contribution is 2.54. The lowest BCUT2D eigenvalue weighted by Gasteiger charge is -2.07. The Labute approximate surface area is 93.1 Å².